The maximum atomic E-state index is 12.3. The number of hydrogen-bond acceptors (Lipinski definition) is 6. The second-order valence-corrected chi connectivity index (χ2v) is 5.93. The van der Waals surface area contributed by atoms with Gasteiger partial charge in [0.25, 0.3) is 0 Å². The summed E-state index contributed by atoms with van der Waals surface area (Å²) in [4.78, 5) is 24.4. The monoisotopic (exact) mass is 330 g/mol. The van der Waals surface area contributed by atoms with Crippen molar-refractivity contribution < 1.29 is 23.5 Å². The van der Waals surface area contributed by atoms with Crippen LogP contribution in [0.25, 0.3) is 10.1 Å². The van der Waals surface area contributed by atoms with Crippen LogP contribution in [0.5, 0.6) is 0 Å². The molecule has 0 saturated carbocycles. The smallest absolute Gasteiger partial charge is 0.349 e. The minimum atomic E-state index is -0.525. The lowest BCUT2D eigenvalue weighted by Gasteiger charge is -2.04. The molecule has 0 fully saturated rings. The molecule has 3 rings (SSSR count). The molecule has 0 aliphatic heterocycles. The number of rotatable bonds is 4. The van der Waals surface area contributed by atoms with Crippen molar-refractivity contribution in [3.63, 3.8) is 0 Å². The zero-order valence-electron chi connectivity index (χ0n) is 12.6. The van der Waals surface area contributed by atoms with E-state index in [2.05, 4.69) is 4.74 Å². The predicted octanol–water partition coefficient (Wildman–Crippen LogP) is 3.95. The lowest BCUT2D eigenvalue weighted by Crippen LogP contribution is -2.08. The SMILES string of the molecule is COC(=O)c1ccoc1COC(=O)c1sc2ccccc2c1C. The second-order valence-electron chi connectivity index (χ2n) is 4.88. The minimum absolute atomic E-state index is 0.121. The van der Waals surface area contributed by atoms with Gasteiger partial charge in [-0.3, -0.25) is 0 Å². The summed E-state index contributed by atoms with van der Waals surface area (Å²) in [6.07, 6.45) is 1.36. The first-order chi connectivity index (χ1) is 11.1. The Kier molecular flexibility index (Phi) is 4.16. The van der Waals surface area contributed by atoms with Crippen LogP contribution in [0.3, 0.4) is 0 Å². The Morgan fingerprint density at radius 3 is 2.70 bits per heavy atom. The lowest BCUT2D eigenvalue weighted by molar-refractivity contribution is 0.0437. The first kappa shape index (κ1) is 15.3. The Morgan fingerprint density at radius 2 is 1.96 bits per heavy atom. The molecule has 23 heavy (non-hydrogen) atoms. The topological polar surface area (TPSA) is 65.7 Å². The summed E-state index contributed by atoms with van der Waals surface area (Å²) >= 11 is 1.39. The van der Waals surface area contributed by atoms with Crippen molar-refractivity contribution in [2.75, 3.05) is 7.11 Å². The van der Waals surface area contributed by atoms with E-state index in [0.29, 0.717) is 4.88 Å². The molecule has 0 amide bonds. The molecule has 5 nitrogen and oxygen atoms in total. The summed E-state index contributed by atoms with van der Waals surface area (Å²) in [6, 6.07) is 9.28. The molecular weight excluding hydrogens is 316 g/mol. The average Bonchev–Trinajstić information content (AvgIpc) is 3.17. The Morgan fingerprint density at radius 1 is 1.17 bits per heavy atom. The molecule has 0 bridgehead atoms. The summed E-state index contributed by atoms with van der Waals surface area (Å²) in [5, 5.41) is 1.04. The number of benzene rings is 1. The number of methoxy groups -OCH3 is 1. The van der Waals surface area contributed by atoms with Gasteiger partial charge >= 0.3 is 11.9 Å². The third-order valence-electron chi connectivity index (χ3n) is 3.51. The van der Waals surface area contributed by atoms with Crippen LogP contribution < -0.4 is 0 Å². The van der Waals surface area contributed by atoms with Crippen molar-refractivity contribution in [3.8, 4) is 0 Å². The molecule has 0 aliphatic carbocycles. The fraction of sp³-hybridized carbons (Fsp3) is 0.176. The molecule has 2 heterocycles. The standard InChI is InChI=1S/C17H14O5S/c1-10-11-5-3-4-6-14(11)23-15(10)17(19)22-9-13-12(7-8-21-13)16(18)20-2/h3-8H,9H2,1-2H3. The minimum Gasteiger partial charge on any atom is -0.465 e. The Labute approximate surface area is 136 Å². The zero-order chi connectivity index (χ0) is 16.4. The van der Waals surface area contributed by atoms with Crippen molar-refractivity contribution in [3.05, 3.63) is 58.4 Å². The number of esters is 2. The van der Waals surface area contributed by atoms with Crippen LogP contribution in [-0.2, 0) is 16.1 Å². The lowest BCUT2D eigenvalue weighted by atomic mass is 10.1. The van der Waals surface area contributed by atoms with Crippen molar-refractivity contribution in [1.29, 1.82) is 0 Å². The summed E-state index contributed by atoms with van der Waals surface area (Å²) in [5.74, 6) is -0.692. The summed E-state index contributed by atoms with van der Waals surface area (Å²) in [7, 11) is 1.28. The average molecular weight is 330 g/mol. The number of aryl methyl sites for hydroxylation is 1. The van der Waals surface area contributed by atoms with Crippen molar-refractivity contribution in [1.82, 2.24) is 0 Å². The predicted molar refractivity (Wildman–Crippen MR) is 85.7 cm³/mol. The van der Waals surface area contributed by atoms with E-state index in [-0.39, 0.29) is 17.9 Å². The van der Waals surface area contributed by atoms with E-state index in [1.165, 1.54) is 30.8 Å². The molecule has 0 saturated heterocycles. The highest BCUT2D eigenvalue weighted by atomic mass is 32.1. The molecule has 0 atom stereocenters. The van der Waals surface area contributed by atoms with E-state index in [4.69, 9.17) is 9.15 Å². The van der Waals surface area contributed by atoms with Crippen molar-refractivity contribution in [2.45, 2.75) is 13.5 Å². The van der Waals surface area contributed by atoms with Crippen LogP contribution in [0.4, 0.5) is 0 Å². The normalized spacial score (nSPS) is 10.7. The van der Waals surface area contributed by atoms with E-state index < -0.39 is 11.9 Å². The number of hydrogen-bond donors (Lipinski definition) is 0. The second kappa shape index (κ2) is 6.26. The van der Waals surface area contributed by atoms with Gasteiger partial charge in [-0.15, -0.1) is 11.3 Å². The maximum Gasteiger partial charge on any atom is 0.349 e. The van der Waals surface area contributed by atoms with Crippen LogP contribution in [0, 0.1) is 6.92 Å². The van der Waals surface area contributed by atoms with E-state index >= 15 is 0 Å². The molecule has 118 valence electrons. The molecule has 3 aromatic rings. The number of furan rings is 1. The van der Waals surface area contributed by atoms with Gasteiger partial charge in [0.15, 0.2) is 12.4 Å². The van der Waals surface area contributed by atoms with Crippen LogP contribution in [0.1, 0.15) is 31.4 Å². The maximum absolute atomic E-state index is 12.3. The van der Waals surface area contributed by atoms with Gasteiger partial charge in [0.05, 0.1) is 13.4 Å². The molecule has 0 N–H and O–H groups in total. The van der Waals surface area contributed by atoms with Gasteiger partial charge in [-0.05, 0) is 30.0 Å². The van der Waals surface area contributed by atoms with Gasteiger partial charge in [0, 0.05) is 4.70 Å². The van der Waals surface area contributed by atoms with E-state index in [9.17, 15) is 9.59 Å². The van der Waals surface area contributed by atoms with Crippen LogP contribution in [0.2, 0.25) is 0 Å². The molecule has 1 aromatic carbocycles. The molecule has 0 radical (unpaired) electrons. The summed E-state index contributed by atoms with van der Waals surface area (Å²) < 4.78 is 16.2. The van der Waals surface area contributed by atoms with Crippen molar-refractivity contribution >= 4 is 33.4 Å². The number of fused-ring (bicyclic) bond motifs is 1. The van der Waals surface area contributed by atoms with E-state index in [1.807, 2.05) is 31.2 Å². The largest absolute Gasteiger partial charge is 0.465 e. The Balaban J connectivity index is 1.78. The Bertz CT molecular complexity index is 874. The van der Waals surface area contributed by atoms with Gasteiger partial charge in [0.2, 0.25) is 0 Å². The molecule has 6 heteroatoms. The molecular formula is C17H14O5S. The van der Waals surface area contributed by atoms with Gasteiger partial charge in [0.1, 0.15) is 10.4 Å². The summed E-state index contributed by atoms with van der Waals surface area (Å²) in [6.45, 7) is 1.77. The van der Waals surface area contributed by atoms with E-state index in [0.717, 1.165) is 15.6 Å². The molecule has 0 unspecified atom stereocenters. The third-order valence-corrected chi connectivity index (χ3v) is 4.77. The van der Waals surface area contributed by atoms with Crippen LogP contribution in [0.15, 0.2) is 41.0 Å². The van der Waals surface area contributed by atoms with Gasteiger partial charge in [-0.2, -0.15) is 0 Å². The van der Waals surface area contributed by atoms with E-state index in [1.54, 1.807) is 0 Å². The highest BCUT2D eigenvalue weighted by Crippen LogP contribution is 2.31. The number of carbonyl (C=O) groups is 2. The highest BCUT2D eigenvalue weighted by molar-refractivity contribution is 7.21. The summed E-state index contributed by atoms with van der Waals surface area (Å²) in [5.41, 5.74) is 1.15. The fourth-order valence-electron chi connectivity index (χ4n) is 2.31. The molecule has 0 spiro atoms. The first-order valence-electron chi connectivity index (χ1n) is 6.91. The number of carbonyl (C=O) groups excluding carboxylic acids is 2. The van der Waals surface area contributed by atoms with Crippen LogP contribution >= 0.6 is 11.3 Å². The Hall–Kier alpha value is -2.60. The van der Waals surface area contributed by atoms with Gasteiger partial charge in [-0.25, -0.2) is 9.59 Å². The zero-order valence-corrected chi connectivity index (χ0v) is 13.4. The first-order valence-corrected chi connectivity index (χ1v) is 7.73. The number of thiophene rings is 1. The van der Waals surface area contributed by atoms with Crippen molar-refractivity contribution in [2.24, 2.45) is 0 Å². The van der Waals surface area contributed by atoms with Gasteiger partial charge < -0.3 is 13.9 Å². The third kappa shape index (κ3) is 2.85. The fourth-order valence-corrected chi connectivity index (χ4v) is 3.41. The molecule has 0 aliphatic rings. The van der Waals surface area contributed by atoms with Crippen LogP contribution in [-0.4, -0.2) is 19.0 Å². The van der Waals surface area contributed by atoms with Gasteiger partial charge in [-0.1, -0.05) is 18.2 Å². The number of ether oxygens (including phenoxy) is 2. The molecule has 2 aromatic heterocycles. The highest BCUT2D eigenvalue weighted by Gasteiger charge is 2.20. The quantitative estimate of drug-likeness (QED) is 0.678.